The van der Waals surface area contributed by atoms with E-state index in [0.717, 1.165) is 6.42 Å². The summed E-state index contributed by atoms with van der Waals surface area (Å²) in [5, 5.41) is 6.27. The second-order valence-corrected chi connectivity index (χ2v) is 5.03. The van der Waals surface area contributed by atoms with Gasteiger partial charge in [0.05, 0.1) is 5.54 Å². The summed E-state index contributed by atoms with van der Waals surface area (Å²) >= 11 is 0. The van der Waals surface area contributed by atoms with E-state index in [2.05, 4.69) is 52.4 Å². The van der Waals surface area contributed by atoms with Crippen molar-refractivity contribution in [2.75, 3.05) is 0 Å². The molecule has 0 aromatic carbocycles. The van der Waals surface area contributed by atoms with Crippen LogP contribution in [0.1, 0.15) is 41.0 Å². The average molecular weight is 208 g/mol. The molecule has 0 aromatic rings. The monoisotopic (exact) mass is 208 g/mol. The van der Waals surface area contributed by atoms with Crippen molar-refractivity contribution in [2.45, 2.75) is 46.6 Å². The number of hydrazone groups is 1. The Bertz CT molecular complexity index is 231. The maximum Gasteiger partial charge on any atom is 0.0543 e. The summed E-state index contributed by atoms with van der Waals surface area (Å²) < 4.78 is 0. The Morgan fingerprint density at radius 1 is 1.33 bits per heavy atom. The normalized spacial score (nSPS) is 12.9. The number of allylic oxidation sites excluding steroid dienone is 2. The predicted octanol–water partition coefficient (Wildman–Crippen LogP) is 3.82. The van der Waals surface area contributed by atoms with E-state index in [1.807, 2.05) is 11.2 Å². The Morgan fingerprint density at radius 3 is 2.33 bits per heavy atom. The van der Waals surface area contributed by atoms with Gasteiger partial charge in [0.25, 0.3) is 0 Å². The zero-order valence-electron chi connectivity index (χ0n) is 10.7. The van der Waals surface area contributed by atoms with Gasteiger partial charge in [-0.25, -0.2) is 0 Å². The van der Waals surface area contributed by atoms with Gasteiger partial charge < -0.3 is 0 Å². The molecule has 0 aromatic heterocycles. The third-order valence-corrected chi connectivity index (χ3v) is 1.84. The number of hydrogen-bond donors (Lipinski definition) is 0. The molecule has 2 nitrogen and oxygen atoms in total. The van der Waals surface area contributed by atoms with Crippen molar-refractivity contribution in [3.05, 3.63) is 24.9 Å². The molecule has 0 rings (SSSR count). The standard InChI is InChI=1S/C13H24N2/c1-7-10-14-15(13(4,5)6)11-8-9-12(2)3/h7-8,10-12H,1,9H2,2-6H3. The molecule has 0 aliphatic heterocycles. The highest BCUT2D eigenvalue weighted by Gasteiger charge is 2.16. The summed E-state index contributed by atoms with van der Waals surface area (Å²) in [4.78, 5) is 0. The maximum atomic E-state index is 4.31. The van der Waals surface area contributed by atoms with Crippen LogP contribution in [0.5, 0.6) is 0 Å². The van der Waals surface area contributed by atoms with E-state index >= 15 is 0 Å². The summed E-state index contributed by atoms with van der Waals surface area (Å²) in [6.07, 6.45) is 8.69. The fourth-order valence-corrected chi connectivity index (χ4v) is 0.987. The molecule has 0 radical (unpaired) electrons. The fraction of sp³-hybridized carbons (Fsp3) is 0.615. The van der Waals surface area contributed by atoms with Crippen LogP contribution in [0.25, 0.3) is 0 Å². The molecule has 0 saturated heterocycles. The van der Waals surface area contributed by atoms with Gasteiger partial charge in [-0.3, -0.25) is 5.01 Å². The molecule has 0 spiro atoms. The van der Waals surface area contributed by atoms with Crippen LogP contribution in [-0.2, 0) is 0 Å². The quantitative estimate of drug-likeness (QED) is 0.495. The minimum absolute atomic E-state index is 0.00693. The third-order valence-electron chi connectivity index (χ3n) is 1.84. The van der Waals surface area contributed by atoms with E-state index < -0.39 is 0 Å². The van der Waals surface area contributed by atoms with Crippen LogP contribution in [-0.4, -0.2) is 16.8 Å². The van der Waals surface area contributed by atoms with Gasteiger partial charge in [0.15, 0.2) is 0 Å². The minimum Gasteiger partial charge on any atom is -0.268 e. The van der Waals surface area contributed by atoms with Crippen molar-refractivity contribution < 1.29 is 0 Å². The first-order valence-corrected chi connectivity index (χ1v) is 5.49. The summed E-state index contributed by atoms with van der Waals surface area (Å²) in [6, 6.07) is 0. The predicted molar refractivity (Wildman–Crippen MR) is 68.9 cm³/mol. The largest absolute Gasteiger partial charge is 0.268 e. The molecule has 15 heavy (non-hydrogen) atoms. The molecule has 86 valence electrons. The van der Waals surface area contributed by atoms with Gasteiger partial charge in [-0.2, -0.15) is 5.10 Å². The molecule has 0 aliphatic rings. The van der Waals surface area contributed by atoms with Gasteiger partial charge in [-0.05, 0) is 39.2 Å². The summed E-state index contributed by atoms with van der Waals surface area (Å²) in [6.45, 7) is 14.4. The first-order valence-electron chi connectivity index (χ1n) is 5.49. The van der Waals surface area contributed by atoms with Crippen molar-refractivity contribution in [3.63, 3.8) is 0 Å². The highest BCUT2D eigenvalue weighted by molar-refractivity contribution is 5.69. The van der Waals surface area contributed by atoms with Crippen molar-refractivity contribution in [1.29, 1.82) is 0 Å². The topological polar surface area (TPSA) is 15.6 Å². The second kappa shape index (κ2) is 6.44. The minimum atomic E-state index is 0.00693. The molecule has 0 fully saturated rings. The van der Waals surface area contributed by atoms with Gasteiger partial charge in [-0.15, -0.1) is 0 Å². The second-order valence-electron chi connectivity index (χ2n) is 5.03. The van der Waals surface area contributed by atoms with Gasteiger partial charge in [0.2, 0.25) is 0 Å². The lowest BCUT2D eigenvalue weighted by atomic mass is 10.1. The maximum absolute atomic E-state index is 4.31. The van der Waals surface area contributed by atoms with E-state index in [9.17, 15) is 0 Å². The Kier molecular flexibility index (Phi) is 5.99. The fourth-order valence-electron chi connectivity index (χ4n) is 0.987. The molecule has 0 heterocycles. The summed E-state index contributed by atoms with van der Waals surface area (Å²) in [7, 11) is 0. The molecule has 0 atom stereocenters. The highest BCUT2D eigenvalue weighted by Crippen LogP contribution is 2.14. The van der Waals surface area contributed by atoms with Crippen LogP contribution in [0.4, 0.5) is 0 Å². The first-order chi connectivity index (χ1) is 6.88. The number of rotatable bonds is 5. The van der Waals surface area contributed by atoms with Crippen LogP contribution >= 0.6 is 0 Å². The van der Waals surface area contributed by atoms with Gasteiger partial charge in [-0.1, -0.05) is 26.5 Å². The van der Waals surface area contributed by atoms with Crippen molar-refractivity contribution >= 4 is 6.21 Å². The average Bonchev–Trinajstić information content (AvgIpc) is 2.08. The number of hydrogen-bond acceptors (Lipinski definition) is 2. The van der Waals surface area contributed by atoms with E-state index in [0.29, 0.717) is 5.92 Å². The number of nitrogens with zero attached hydrogens (tertiary/aromatic N) is 2. The molecule has 0 bridgehead atoms. The third kappa shape index (κ3) is 6.95. The van der Waals surface area contributed by atoms with Crippen LogP contribution in [0.2, 0.25) is 0 Å². The van der Waals surface area contributed by atoms with Gasteiger partial charge >= 0.3 is 0 Å². The Labute approximate surface area is 94.4 Å². The molecule has 0 aliphatic carbocycles. The molecule has 0 amide bonds. The van der Waals surface area contributed by atoms with Crippen LogP contribution < -0.4 is 0 Å². The molecule has 0 unspecified atom stereocenters. The van der Waals surface area contributed by atoms with Crippen molar-refractivity contribution in [1.82, 2.24) is 5.01 Å². The Morgan fingerprint density at radius 2 is 1.93 bits per heavy atom. The van der Waals surface area contributed by atoms with Gasteiger partial charge in [0.1, 0.15) is 0 Å². The van der Waals surface area contributed by atoms with E-state index in [1.165, 1.54) is 0 Å². The SMILES string of the molecule is C=CC=NN(C=CCC(C)C)C(C)(C)C. The zero-order chi connectivity index (χ0) is 11.9. The summed E-state index contributed by atoms with van der Waals surface area (Å²) in [5.41, 5.74) is 0.00693. The molecular formula is C13H24N2. The van der Waals surface area contributed by atoms with Crippen molar-refractivity contribution in [3.8, 4) is 0 Å². The summed E-state index contributed by atoms with van der Waals surface area (Å²) in [5.74, 6) is 0.687. The van der Waals surface area contributed by atoms with E-state index in [-0.39, 0.29) is 5.54 Å². The molecule has 2 heteroatoms. The Balaban J connectivity index is 4.45. The zero-order valence-corrected chi connectivity index (χ0v) is 10.7. The van der Waals surface area contributed by atoms with E-state index in [4.69, 9.17) is 0 Å². The lowest BCUT2D eigenvalue weighted by Crippen LogP contribution is -2.32. The van der Waals surface area contributed by atoms with Crippen LogP contribution in [0.15, 0.2) is 30.0 Å². The lowest BCUT2D eigenvalue weighted by Gasteiger charge is -2.29. The van der Waals surface area contributed by atoms with E-state index in [1.54, 1.807) is 12.3 Å². The molecular weight excluding hydrogens is 184 g/mol. The highest BCUT2D eigenvalue weighted by atomic mass is 15.5. The van der Waals surface area contributed by atoms with Crippen molar-refractivity contribution in [2.24, 2.45) is 11.0 Å². The molecule has 0 N–H and O–H groups in total. The van der Waals surface area contributed by atoms with Crippen LogP contribution in [0, 0.1) is 5.92 Å². The lowest BCUT2D eigenvalue weighted by molar-refractivity contribution is 0.215. The van der Waals surface area contributed by atoms with Crippen LogP contribution in [0.3, 0.4) is 0 Å². The first kappa shape index (κ1) is 13.9. The van der Waals surface area contributed by atoms with Gasteiger partial charge in [0, 0.05) is 12.4 Å². The molecule has 0 saturated carbocycles. The Hall–Kier alpha value is -1.05. The smallest absolute Gasteiger partial charge is 0.0543 e.